The van der Waals surface area contributed by atoms with Gasteiger partial charge in [-0.3, -0.25) is 4.79 Å². The topological polar surface area (TPSA) is 121 Å². The van der Waals surface area contributed by atoms with E-state index in [1.54, 1.807) is 31.1 Å². The van der Waals surface area contributed by atoms with Gasteiger partial charge in [0, 0.05) is 19.5 Å². The molecule has 0 saturated carbocycles. The Labute approximate surface area is 108 Å². The lowest BCUT2D eigenvalue weighted by Gasteiger charge is -2.01. The molecule has 2 aromatic rings. The molecule has 102 valence electrons. The molecular formula is C10H14N6O3. The molecule has 9 heteroatoms. The Hall–Kier alpha value is -2.42. The van der Waals surface area contributed by atoms with Crippen LogP contribution in [0.25, 0.3) is 5.82 Å². The molecule has 0 aliphatic rings. The van der Waals surface area contributed by atoms with Gasteiger partial charge < -0.3 is 15.6 Å². The zero-order chi connectivity index (χ0) is 14.0. The lowest BCUT2D eigenvalue weighted by atomic mass is 10.2. The van der Waals surface area contributed by atoms with Gasteiger partial charge in [-0.25, -0.2) is 9.36 Å². The van der Waals surface area contributed by atoms with E-state index in [9.17, 15) is 4.79 Å². The van der Waals surface area contributed by atoms with E-state index in [1.165, 1.54) is 4.68 Å². The zero-order valence-electron chi connectivity index (χ0n) is 10.5. The molecule has 2 aromatic heterocycles. The van der Waals surface area contributed by atoms with Crippen LogP contribution in [0.5, 0.6) is 5.88 Å². The first-order valence-corrected chi connectivity index (χ1v) is 5.49. The van der Waals surface area contributed by atoms with E-state index in [0.29, 0.717) is 17.4 Å². The minimum absolute atomic E-state index is 0.110. The Balaban J connectivity index is 2.18. The second-order valence-electron chi connectivity index (χ2n) is 3.97. The molecule has 1 unspecified atom stereocenters. The quantitative estimate of drug-likeness (QED) is 0.709. The molecule has 0 aromatic carbocycles. The first-order valence-electron chi connectivity index (χ1n) is 5.49. The second kappa shape index (κ2) is 5.06. The van der Waals surface area contributed by atoms with Crippen LogP contribution in [0.1, 0.15) is 5.69 Å². The summed E-state index contributed by atoms with van der Waals surface area (Å²) in [6.07, 6.45) is 1.70. The minimum atomic E-state index is -1.07. The molecule has 0 fully saturated rings. The Morgan fingerprint density at radius 2 is 2.37 bits per heavy atom. The van der Waals surface area contributed by atoms with Gasteiger partial charge in [-0.05, 0) is 0 Å². The molecule has 0 aliphatic heterocycles. The summed E-state index contributed by atoms with van der Waals surface area (Å²) >= 11 is 0. The molecule has 2 heterocycles. The average molecular weight is 266 g/mol. The molecule has 3 N–H and O–H groups in total. The lowest BCUT2D eigenvalue weighted by Crippen LogP contribution is -2.32. The zero-order valence-corrected chi connectivity index (χ0v) is 10.5. The summed E-state index contributed by atoms with van der Waals surface area (Å²) in [5, 5.41) is 20.6. The van der Waals surface area contributed by atoms with Crippen LogP contribution in [0.3, 0.4) is 0 Å². The average Bonchev–Trinajstić information content (AvgIpc) is 2.95. The van der Waals surface area contributed by atoms with Gasteiger partial charge in [0.2, 0.25) is 5.88 Å². The highest BCUT2D eigenvalue weighted by molar-refractivity contribution is 5.73. The third kappa shape index (κ3) is 2.71. The number of hydrogen-bond donors (Lipinski definition) is 2. The Morgan fingerprint density at radius 3 is 2.95 bits per heavy atom. The highest BCUT2D eigenvalue weighted by Crippen LogP contribution is 2.14. The molecule has 9 nitrogen and oxygen atoms in total. The maximum absolute atomic E-state index is 10.7. The SMILES string of the molecule is COc1cc(-n2cc(CC(N)C(=O)O)nn2)nn1C. The Morgan fingerprint density at radius 1 is 1.63 bits per heavy atom. The number of nitrogens with two attached hydrogens (primary N) is 1. The molecule has 0 bridgehead atoms. The molecule has 19 heavy (non-hydrogen) atoms. The monoisotopic (exact) mass is 266 g/mol. The van der Waals surface area contributed by atoms with Crippen molar-refractivity contribution in [3.63, 3.8) is 0 Å². The largest absolute Gasteiger partial charge is 0.481 e. The number of aryl methyl sites for hydroxylation is 1. The van der Waals surface area contributed by atoms with Gasteiger partial charge >= 0.3 is 5.97 Å². The lowest BCUT2D eigenvalue weighted by molar-refractivity contribution is -0.138. The summed E-state index contributed by atoms with van der Waals surface area (Å²) in [5.74, 6) is 0.0327. The van der Waals surface area contributed by atoms with Crippen LogP contribution in [-0.4, -0.2) is 49.0 Å². The first kappa shape index (κ1) is 13.0. The van der Waals surface area contributed by atoms with Crippen molar-refractivity contribution >= 4 is 5.97 Å². The fraction of sp³-hybridized carbons (Fsp3) is 0.400. The number of aromatic nitrogens is 5. The van der Waals surface area contributed by atoms with E-state index in [1.807, 2.05) is 0 Å². The Bertz CT molecular complexity index is 590. The maximum Gasteiger partial charge on any atom is 0.320 e. The van der Waals surface area contributed by atoms with Gasteiger partial charge in [0.25, 0.3) is 0 Å². The van der Waals surface area contributed by atoms with Gasteiger partial charge in [-0.15, -0.1) is 10.2 Å². The third-order valence-corrected chi connectivity index (χ3v) is 2.55. The summed E-state index contributed by atoms with van der Waals surface area (Å²) in [6, 6.07) is 0.693. The standard InChI is InChI=1S/C10H14N6O3/c1-15-9(19-2)4-8(13-15)16-5-6(12-14-16)3-7(11)10(17)18/h4-5,7H,3,11H2,1-2H3,(H,17,18). The van der Waals surface area contributed by atoms with Crippen LogP contribution >= 0.6 is 0 Å². The summed E-state index contributed by atoms with van der Waals surface area (Å²) in [6.45, 7) is 0. The number of methoxy groups -OCH3 is 1. The van der Waals surface area contributed by atoms with E-state index in [0.717, 1.165) is 0 Å². The van der Waals surface area contributed by atoms with Crippen molar-refractivity contribution in [2.45, 2.75) is 12.5 Å². The number of nitrogens with zero attached hydrogens (tertiary/aromatic N) is 5. The van der Waals surface area contributed by atoms with Crippen LogP contribution in [0.15, 0.2) is 12.3 Å². The van der Waals surface area contributed by atoms with Gasteiger partial charge in [-0.1, -0.05) is 5.21 Å². The van der Waals surface area contributed by atoms with Gasteiger partial charge in [-0.2, -0.15) is 0 Å². The molecule has 0 aliphatic carbocycles. The van der Waals surface area contributed by atoms with E-state index in [-0.39, 0.29) is 6.42 Å². The van der Waals surface area contributed by atoms with Crippen LogP contribution in [0.4, 0.5) is 0 Å². The normalized spacial score (nSPS) is 12.4. The Kier molecular flexibility index (Phi) is 3.47. The van der Waals surface area contributed by atoms with Crippen molar-refractivity contribution in [1.29, 1.82) is 0 Å². The fourth-order valence-electron chi connectivity index (χ4n) is 1.56. The van der Waals surface area contributed by atoms with E-state index >= 15 is 0 Å². The molecule has 1 atom stereocenters. The third-order valence-electron chi connectivity index (χ3n) is 2.55. The summed E-state index contributed by atoms with van der Waals surface area (Å²) in [7, 11) is 3.28. The number of carboxylic acid groups (broad SMARTS) is 1. The highest BCUT2D eigenvalue weighted by Gasteiger charge is 2.15. The summed E-state index contributed by atoms with van der Waals surface area (Å²) < 4.78 is 8.08. The number of carbonyl (C=O) groups is 1. The van der Waals surface area contributed by atoms with Crippen molar-refractivity contribution in [2.24, 2.45) is 12.8 Å². The predicted octanol–water partition coefficient (Wildman–Crippen LogP) is -1.04. The number of hydrogen-bond acceptors (Lipinski definition) is 6. The van der Waals surface area contributed by atoms with Gasteiger partial charge in [0.15, 0.2) is 5.82 Å². The van der Waals surface area contributed by atoms with Crippen LogP contribution in [0, 0.1) is 0 Å². The molecule has 0 amide bonds. The van der Waals surface area contributed by atoms with Crippen LogP contribution < -0.4 is 10.5 Å². The minimum Gasteiger partial charge on any atom is -0.481 e. The van der Waals surface area contributed by atoms with Crippen LogP contribution in [-0.2, 0) is 18.3 Å². The van der Waals surface area contributed by atoms with Gasteiger partial charge in [0.1, 0.15) is 6.04 Å². The van der Waals surface area contributed by atoms with E-state index in [2.05, 4.69) is 15.4 Å². The number of carboxylic acids is 1. The molecule has 2 rings (SSSR count). The second-order valence-corrected chi connectivity index (χ2v) is 3.97. The maximum atomic E-state index is 10.7. The summed E-state index contributed by atoms with van der Waals surface area (Å²) in [5.41, 5.74) is 5.92. The number of aliphatic carboxylic acids is 1. The van der Waals surface area contributed by atoms with Crippen LogP contribution in [0.2, 0.25) is 0 Å². The molecule has 0 radical (unpaired) electrons. The fourth-order valence-corrected chi connectivity index (χ4v) is 1.56. The number of rotatable bonds is 5. The van der Waals surface area contributed by atoms with Crippen molar-refractivity contribution in [3.05, 3.63) is 18.0 Å². The highest BCUT2D eigenvalue weighted by atomic mass is 16.5. The molecular weight excluding hydrogens is 252 g/mol. The number of ether oxygens (including phenoxy) is 1. The van der Waals surface area contributed by atoms with Crippen molar-refractivity contribution in [2.75, 3.05) is 7.11 Å². The predicted molar refractivity (Wildman–Crippen MR) is 64.0 cm³/mol. The summed E-state index contributed by atoms with van der Waals surface area (Å²) in [4.78, 5) is 10.7. The molecule has 0 saturated heterocycles. The van der Waals surface area contributed by atoms with Gasteiger partial charge in [0.05, 0.1) is 19.0 Å². The van der Waals surface area contributed by atoms with Crippen molar-refractivity contribution in [3.8, 4) is 11.7 Å². The smallest absolute Gasteiger partial charge is 0.320 e. The molecule has 0 spiro atoms. The van der Waals surface area contributed by atoms with E-state index in [4.69, 9.17) is 15.6 Å². The van der Waals surface area contributed by atoms with Crippen molar-refractivity contribution in [1.82, 2.24) is 24.8 Å². The van der Waals surface area contributed by atoms with Crippen molar-refractivity contribution < 1.29 is 14.6 Å². The first-order chi connectivity index (χ1) is 9.01. The van der Waals surface area contributed by atoms with E-state index < -0.39 is 12.0 Å².